The second-order valence-corrected chi connectivity index (χ2v) is 4.84. The van der Waals surface area contributed by atoms with Crippen LogP contribution >= 0.6 is 11.6 Å². The molecule has 1 N–H and O–H groups in total. The van der Waals surface area contributed by atoms with Crippen LogP contribution in [0.15, 0.2) is 30.3 Å². The minimum atomic E-state index is -0.0495. The van der Waals surface area contributed by atoms with Crippen LogP contribution < -0.4 is 0 Å². The van der Waals surface area contributed by atoms with Gasteiger partial charge >= 0.3 is 0 Å². The molecular formula is C14H16ClNO2. The van der Waals surface area contributed by atoms with E-state index in [4.69, 9.17) is 11.6 Å². The molecule has 0 aromatic heterocycles. The smallest absolute Gasteiger partial charge is 0.246 e. The molecule has 0 saturated carbocycles. The molecule has 0 radical (unpaired) electrons. The third-order valence-electron chi connectivity index (χ3n) is 3.14. The van der Waals surface area contributed by atoms with E-state index < -0.39 is 0 Å². The van der Waals surface area contributed by atoms with E-state index in [1.165, 1.54) is 0 Å². The fraction of sp³-hybridized carbons (Fsp3) is 0.357. The molecule has 1 aliphatic heterocycles. The Morgan fingerprint density at radius 1 is 1.56 bits per heavy atom. The molecule has 1 fully saturated rings. The zero-order valence-corrected chi connectivity index (χ0v) is 10.8. The second kappa shape index (κ2) is 6.03. The summed E-state index contributed by atoms with van der Waals surface area (Å²) in [5.74, 6) is -0.0495. The van der Waals surface area contributed by atoms with Crippen LogP contribution in [0.3, 0.4) is 0 Å². The first kappa shape index (κ1) is 13.1. The van der Waals surface area contributed by atoms with Crippen LogP contribution in [0.5, 0.6) is 0 Å². The van der Waals surface area contributed by atoms with Crippen molar-refractivity contribution in [1.29, 1.82) is 0 Å². The summed E-state index contributed by atoms with van der Waals surface area (Å²) in [6.07, 6.45) is 5.13. The van der Waals surface area contributed by atoms with Crippen molar-refractivity contribution >= 4 is 23.6 Å². The molecule has 96 valence electrons. The number of likely N-dealkylation sites (tertiary alicyclic amines) is 1. The van der Waals surface area contributed by atoms with E-state index >= 15 is 0 Å². The van der Waals surface area contributed by atoms with Crippen LogP contribution in [0.4, 0.5) is 0 Å². The number of hydrogen-bond donors (Lipinski definition) is 1. The second-order valence-electron chi connectivity index (χ2n) is 4.40. The lowest BCUT2D eigenvalue weighted by Gasteiger charge is -2.21. The zero-order chi connectivity index (χ0) is 13.0. The summed E-state index contributed by atoms with van der Waals surface area (Å²) in [5.41, 5.74) is 0.899. The largest absolute Gasteiger partial charge is 0.394 e. The third kappa shape index (κ3) is 3.12. The number of hydrogen-bond acceptors (Lipinski definition) is 2. The van der Waals surface area contributed by atoms with Crippen molar-refractivity contribution in [1.82, 2.24) is 4.90 Å². The van der Waals surface area contributed by atoms with Gasteiger partial charge in [0.15, 0.2) is 0 Å². The van der Waals surface area contributed by atoms with Crippen LogP contribution in [0, 0.1) is 0 Å². The van der Waals surface area contributed by atoms with Crippen LogP contribution in [0.25, 0.3) is 6.08 Å². The average Bonchev–Trinajstić information content (AvgIpc) is 2.84. The molecule has 3 nitrogen and oxygen atoms in total. The first-order valence-corrected chi connectivity index (χ1v) is 6.43. The van der Waals surface area contributed by atoms with E-state index in [2.05, 4.69) is 0 Å². The molecule has 4 heteroatoms. The topological polar surface area (TPSA) is 40.5 Å². The fourth-order valence-corrected chi connectivity index (χ4v) is 2.39. The van der Waals surface area contributed by atoms with Gasteiger partial charge in [0.25, 0.3) is 0 Å². The SMILES string of the molecule is O=C(/C=C/c1cccc(Cl)c1)N1CCC[C@H]1CO. The third-order valence-corrected chi connectivity index (χ3v) is 3.37. The number of carbonyl (C=O) groups excluding carboxylic acids is 1. The Morgan fingerprint density at radius 3 is 3.11 bits per heavy atom. The molecule has 2 rings (SSSR count). The van der Waals surface area contributed by atoms with E-state index in [1.807, 2.05) is 12.1 Å². The Hall–Kier alpha value is -1.32. The van der Waals surface area contributed by atoms with E-state index in [0.29, 0.717) is 5.02 Å². The highest BCUT2D eigenvalue weighted by atomic mass is 35.5. The number of aliphatic hydroxyl groups excluding tert-OH is 1. The Labute approximate surface area is 112 Å². The number of benzene rings is 1. The highest BCUT2D eigenvalue weighted by Gasteiger charge is 2.26. The lowest BCUT2D eigenvalue weighted by molar-refractivity contribution is -0.127. The minimum absolute atomic E-state index is 0.0264. The summed E-state index contributed by atoms with van der Waals surface area (Å²) >= 11 is 5.87. The van der Waals surface area contributed by atoms with Crippen molar-refractivity contribution in [3.8, 4) is 0 Å². The predicted octanol–water partition coefficient (Wildman–Crippen LogP) is 2.34. The molecular weight excluding hydrogens is 250 g/mol. The van der Waals surface area contributed by atoms with Crippen LogP contribution in [-0.2, 0) is 4.79 Å². The van der Waals surface area contributed by atoms with Gasteiger partial charge in [-0.25, -0.2) is 0 Å². The Bertz CT molecular complexity index is 459. The lowest BCUT2D eigenvalue weighted by Crippen LogP contribution is -2.36. The van der Waals surface area contributed by atoms with Crippen molar-refractivity contribution in [2.75, 3.05) is 13.2 Å². The maximum Gasteiger partial charge on any atom is 0.246 e. The standard InChI is InChI=1S/C14H16ClNO2/c15-12-4-1-3-11(9-12)6-7-14(18)16-8-2-5-13(16)10-17/h1,3-4,6-7,9,13,17H,2,5,8,10H2/b7-6+/t13-/m0/s1. The van der Waals surface area contributed by atoms with Gasteiger partial charge in [0, 0.05) is 17.6 Å². The molecule has 0 bridgehead atoms. The Balaban J connectivity index is 2.02. The quantitative estimate of drug-likeness (QED) is 0.853. The monoisotopic (exact) mass is 265 g/mol. The first-order valence-electron chi connectivity index (χ1n) is 6.06. The van der Waals surface area contributed by atoms with Gasteiger partial charge in [-0.3, -0.25) is 4.79 Å². The molecule has 1 atom stereocenters. The van der Waals surface area contributed by atoms with Crippen molar-refractivity contribution in [3.63, 3.8) is 0 Å². The van der Waals surface area contributed by atoms with Gasteiger partial charge in [-0.1, -0.05) is 23.7 Å². The maximum absolute atomic E-state index is 12.0. The van der Waals surface area contributed by atoms with Crippen LogP contribution in [0.1, 0.15) is 18.4 Å². The number of carbonyl (C=O) groups is 1. The van der Waals surface area contributed by atoms with E-state index in [1.54, 1.807) is 29.2 Å². The van der Waals surface area contributed by atoms with Gasteiger partial charge in [0.05, 0.1) is 12.6 Å². The summed E-state index contributed by atoms with van der Waals surface area (Å²) < 4.78 is 0. The fourth-order valence-electron chi connectivity index (χ4n) is 2.19. The molecule has 0 unspecified atom stereocenters. The van der Waals surface area contributed by atoms with E-state index in [0.717, 1.165) is 24.9 Å². The van der Waals surface area contributed by atoms with Gasteiger partial charge < -0.3 is 10.0 Å². The summed E-state index contributed by atoms with van der Waals surface area (Å²) in [6.45, 7) is 0.765. The normalized spacial score (nSPS) is 19.7. The van der Waals surface area contributed by atoms with Crippen LogP contribution in [-0.4, -0.2) is 35.1 Å². The average molecular weight is 266 g/mol. The molecule has 1 aromatic carbocycles. The zero-order valence-electron chi connectivity index (χ0n) is 10.1. The van der Waals surface area contributed by atoms with Gasteiger partial charge in [0.1, 0.15) is 0 Å². The first-order chi connectivity index (χ1) is 8.70. The summed E-state index contributed by atoms with van der Waals surface area (Å²) in [7, 11) is 0. The maximum atomic E-state index is 12.0. The van der Waals surface area contributed by atoms with Crippen molar-refractivity contribution in [2.45, 2.75) is 18.9 Å². The summed E-state index contributed by atoms with van der Waals surface area (Å²) in [5, 5.41) is 9.82. The minimum Gasteiger partial charge on any atom is -0.394 e. The van der Waals surface area contributed by atoms with Crippen molar-refractivity contribution in [2.24, 2.45) is 0 Å². The molecule has 1 amide bonds. The number of amides is 1. The molecule has 1 saturated heterocycles. The van der Waals surface area contributed by atoms with Crippen LogP contribution in [0.2, 0.25) is 5.02 Å². The molecule has 18 heavy (non-hydrogen) atoms. The van der Waals surface area contributed by atoms with Gasteiger partial charge in [0.2, 0.25) is 5.91 Å². The van der Waals surface area contributed by atoms with Gasteiger partial charge in [-0.05, 0) is 36.6 Å². The highest BCUT2D eigenvalue weighted by Crippen LogP contribution is 2.18. The lowest BCUT2D eigenvalue weighted by atomic mass is 10.2. The number of nitrogens with zero attached hydrogens (tertiary/aromatic N) is 1. The van der Waals surface area contributed by atoms with Crippen molar-refractivity contribution < 1.29 is 9.90 Å². The van der Waals surface area contributed by atoms with E-state index in [9.17, 15) is 9.90 Å². The number of halogens is 1. The molecule has 1 aliphatic rings. The van der Waals surface area contributed by atoms with Crippen molar-refractivity contribution in [3.05, 3.63) is 40.9 Å². The molecule has 1 aromatic rings. The highest BCUT2D eigenvalue weighted by molar-refractivity contribution is 6.30. The molecule has 0 aliphatic carbocycles. The molecule has 1 heterocycles. The van der Waals surface area contributed by atoms with Gasteiger partial charge in [-0.15, -0.1) is 0 Å². The Kier molecular flexibility index (Phi) is 4.39. The van der Waals surface area contributed by atoms with E-state index in [-0.39, 0.29) is 18.6 Å². The predicted molar refractivity (Wildman–Crippen MR) is 72.3 cm³/mol. The number of aliphatic hydroxyl groups is 1. The van der Waals surface area contributed by atoms with Gasteiger partial charge in [-0.2, -0.15) is 0 Å². The molecule has 0 spiro atoms. The summed E-state index contributed by atoms with van der Waals surface area (Å²) in [4.78, 5) is 13.7. The summed E-state index contributed by atoms with van der Waals surface area (Å²) in [6, 6.07) is 7.31. The Morgan fingerprint density at radius 2 is 2.39 bits per heavy atom. The number of rotatable bonds is 3.